The first-order chi connectivity index (χ1) is 10.2. The van der Waals surface area contributed by atoms with Gasteiger partial charge in [0.05, 0.1) is 13.2 Å². The molecule has 0 aromatic carbocycles. The van der Waals surface area contributed by atoms with Crippen molar-refractivity contribution in [2.45, 2.75) is 53.4 Å². The van der Waals surface area contributed by atoms with Crippen molar-refractivity contribution in [2.75, 3.05) is 25.1 Å². The lowest BCUT2D eigenvalue weighted by atomic mass is 10.1. The summed E-state index contributed by atoms with van der Waals surface area (Å²) in [5.41, 5.74) is 0. The van der Waals surface area contributed by atoms with Gasteiger partial charge in [-0.05, 0) is 25.2 Å². The lowest BCUT2D eigenvalue weighted by Gasteiger charge is -2.12. The van der Waals surface area contributed by atoms with E-state index in [1.54, 1.807) is 0 Å². The molecule has 1 unspecified atom stereocenters. The van der Waals surface area contributed by atoms with Gasteiger partial charge in [-0.15, -0.1) is 4.98 Å². The van der Waals surface area contributed by atoms with Crippen LogP contribution >= 0.6 is 0 Å². The molecular weight excluding hydrogens is 268 g/mol. The van der Waals surface area contributed by atoms with Gasteiger partial charge >= 0.3 is 12.0 Å². The number of anilines is 1. The van der Waals surface area contributed by atoms with Gasteiger partial charge in [-0.1, -0.05) is 34.1 Å². The Kier molecular flexibility index (Phi) is 8.47. The van der Waals surface area contributed by atoms with E-state index in [0.29, 0.717) is 37.1 Å². The fourth-order valence-electron chi connectivity index (χ4n) is 1.77. The number of nitrogens with zero attached hydrogens (tertiary/aromatic N) is 3. The Balaban J connectivity index is 2.70. The summed E-state index contributed by atoms with van der Waals surface area (Å²) in [6.45, 7) is 10.5. The third kappa shape index (κ3) is 7.11. The summed E-state index contributed by atoms with van der Waals surface area (Å²) in [5.74, 6) is 0.995. The third-order valence-corrected chi connectivity index (χ3v) is 2.84. The molecule has 1 N–H and O–H groups in total. The maximum atomic E-state index is 5.68. The summed E-state index contributed by atoms with van der Waals surface area (Å²) in [5, 5.41) is 3.14. The molecule has 0 radical (unpaired) electrons. The van der Waals surface area contributed by atoms with E-state index in [0.717, 1.165) is 32.2 Å². The van der Waals surface area contributed by atoms with Crippen molar-refractivity contribution in [1.29, 1.82) is 0 Å². The second kappa shape index (κ2) is 10.2. The van der Waals surface area contributed by atoms with Crippen LogP contribution in [0.1, 0.15) is 53.4 Å². The summed E-state index contributed by atoms with van der Waals surface area (Å²) in [4.78, 5) is 12.7. The van der Waals surface area contributed by atoms with Crippen molar-refractivity contribution < 1.29 is 9.47 Å². The number of ether oxygens (including phenoxy) is 2. The maximum absolute atomic E-state index is 5.68. The number of nitrogens with one attached hydrogen (secondary N) is 1. The Morgan fingerprint density at radius 2 is 1.67 bits per heavy atom. The predicted molar refractivity (Wildman–Crippen MR) is 84.0 cm³/mol. The van der Waals surface area contributed by atoms with Gasteiger partial charge in [0.1, 0.15) is 0 Å². The van der Waals surface area contributed by atoms with Crippen molar-refractivity contribution in [3.63, 3.8) is 0 Å². The van der Waals surface area contributed by atoms with Crippen LogP contribution in [0.25, 0.3) is 0 Å². The molecule has 1 aromatic heterocycles. The molecule has 1 aromatic rings. The van der Waals surface area contributed by atoms with Crippen molar-refractivity contribution >= 4 is 5.95 Å². The van der Waals surface area contributed by atoms with E-state index < -0.39 is 0 Å². The van der Waals surface area contributed by atoms with Crippen molar-refractivity contribution in [3.8, 4) is 12.0 Å². The Bertz CT molecular complexity index is 375. The zero-order valence-corrected chi connectivity index (χ0v) is 13.7. The highest BCUT2D eigenvalue weighted by Gasteiger charge is 2.10. The molecule has 120 valence electrons. The Morgan fingerprint density at radius 1 is 0.952 bits per heavy atom. The average molecular weight is 296 g/mol. The number of aromatic nitrogens is 3. The zero-order chi connectivity index (χ0) is 15.5. The molecule has 0 amide bonds. The number of hydrogen-bond donors (Lipinski definition) is 1. The average Bonchev–Trinajstić information content (AvgIpc) is 2.49. The molecule has 0 aliphatic rings. The van der Waals surface area contributed by atoms with E-state index in [2.05, 4.69) is 41.0 Å². The van der Waals surface area contributed by atoms with Gasteiger partial charge in [-0.3, -0.25) is 0 Å². The Hall–Kier alpha value is -1.59. The molecule has 6 heteroatoms. The van der Waals surface area contributed by atoms with E-state index in [4.69, 9.17) is 9.47 Å². The predicted octanol–water partition coefficient (Wildman–Crippen LogP) is 3.30. The van der Waals surface area contributed by atoms with Gasteiger partial charge in [0, 0.05) is 6.54 Å². The monoisotopic (exact) mass is 296 g/mol. The van der Waals surface area contributed by atoms with E-state index in [9.17, 15) is 0 Å². The molecule has 0 bridgehead atoms. The van der Waals surface area contributed by atoms with Crippen LogP contribution in [0, 0.1) is 5.92 Å². The van der Waals surface area contributed by atoms with Crippen molar-refractivity contribution in [3.05, 3.63) is 0 Å². The first-order valence-corrected chi connectivity index (χ1v) is 7.95. The summed E-state index contributed by atoms with van der Waals surface area (Å²) >= 11 is 0. The van der Waals surface area contributed by atoms with Crippen LogP contribution in [0.15, 0.2) is 0 Å². The second-order valence-corrected chi connectivity index (χ2v) is 5.20. The summed E-state index contributed by atoms with van der Waals surface area (Å²) in [6, 6.07) is 0.654. The highest BCUT2D eigenvalue weighted by molar-refractivity contribution is 5.27. The fraction of sp³-hybridized carbons (Fsp3) is 0.800. The molecule has 0 aliphatic carbocycles. The SMILES string of the molecule is CCCNc1nc(OCCC)nc(OCC(C)CCC)n1. The van der Waals surface area contributed by atoms with Crippen LogP contribution in [0.4, 0.5) is 5.95 Å². The standard InChI is InChI=1S/C15H28N4O2/c1-5-8-12(4)11-21-15-18-13(16-9-6-2)17-14(19-15)20-10-7-3/h12H,5-11H2,1-4H3,(H,16,17,18,19). The molecule has 0 aliphatic heterocycles. The molecule has 21 heavy (non-hydrogen) atoms. The lowest BCUT2D eigenvalue weighted by molar-refractivity contribution is 0.224. The van der Waals surface area contributed by atoms with Gasteiger partial charge in [0.15, 0.2) is 0 Å². The smallest absolute Gasteiger partial charge is 0.324 e. The molecule has 6 nitrogen and oxygen atoms in total. The Morgan fingerprint density at radius 3 is 2.29 bits per heavy atom. The first-order valence-electron chi connectivity index (χ1n) is 7.95. The summed E-state index contributed by atoms with van der Waals surface area (Å²) < 4.78 is 11.2. The molecule has 0 saturated heterocycles. The van der Waals surface area contributed by atoms with E-state index in [1.807, 2.05) is 6.92 Å². The van der Waals surface area contributed by atoms with E-state index in [1.165, 1.54) is 0 Å². The molecule has 1 atom stereocenters. The largest absolute Gasteiger partial charge is 0.463 e. The van der Waals surface area contributed by atoms with Crippen LogP contribution in [-0.2, 0) is 0 Å². The summed E-state index contributed by atoms with van der Waals surface area (Å²) in [7, 11) is 0. The molecule has 1 heterocycles. The van der Waals surface area contributed by atoms with Crippen LogP contribution in [0.2, 0.25) is 0 Å². The van der Waals surface area contributed by atoms with Crippen LogP contribution in [0.3, 0.4) is 0 Å². The number of rotatable bonds is 11. The highest BCUT2D eigenvalue weighted by atomic mass is 16.5. The zero-order valence-electron chi connectivity index (χ0n) is 13.7. The lowest BCUT2D eigenvalue weighted by Crippen LogP contribution is -2.13. The second-order valence-electron chi connectivity index (χ2n) is 5.20. The van der Waals surface area contributed by atoms with Crippen molar-refractivity contribution in [1.82, 2.24) is 15.0 Å². The van der Waals surface area contributed by atoms with Crippen molar-refractivity contribution in [2.24, 2.45) is 5.92 Å². The molecule has 0 saturated carbocycles. The molecule has 0 spiro atoms. The van der Waals surface area contributed by atoms with Gasteiger partial charge < -0.3 is 14.8 Å². The van der Waals surface area contributed by atoms with E-state index >= 15 is 0 Å². The van der Waals surface area contributed by atoms with Gasteiger partial charge in [-0.25, -0.2) is 0 Å². The maximum Gasteiger partial charge on any atom is 0.324 e. The topological polar surface area (TPSA) is 69.2 Å². The fourth-order valence-corrected chi connectivity index (χ4v) is 1.77. The van der Waals surface area contributed by atoms with Gasteiger partial charge in [-0.2, -0.15) is 9.97 Å². The normalized spacial score (nSPS) is 12.0. The number of hydrogen-bond acceptors (Lipinski definition) is 6. The quantitative estimate of drug-likeness (QED) is 0.675. The van der Waals surface area contributed by atoms with Crippen LogP contribution in [-0.4, -0.2) is 34.7 Å². The minimum atomic E-state index is 0.323. The molecule has 0 fully saturated rings. The molecule has 1 rings (SSSR count). The Labute approximate surface area is 127 Å². The van der Waals surface area contributed by atoms with Gasteiger partial charge in [0.2, 0.25) is 5.95 Å². The van der Waals surface area contributed by atoms with Gasteiger partial charge in [0.25, 0.3) is 0 Å². The summed E-state index contributed by atoms with van der Waals surface area (Å²) in [6.07, 6.45) is 4.19. The van der Waals surface area contributed by atoms with E-state index in [-0.39, 0.29) is 0 Å². The highest BCUT2D eigenvalue weighted by Crippen LogP contribution is 2.15. The minimum Gasteiger partial charge on any atom is -0.463 e. The van der Waals surface area contributed by atoms with Crippen LogP contribution in [0.5, 0.6) is 12.0 Å². The van der Waals surface area contributed by atoms with Crippen LogP contribution < -0.4 is 14.8 Å². The first kappa shape index (κ1) is 17.5. The molecular formula is C15H28N4O2. The minimum absolute atomic E-state index is 0.323. The third-order valence-electron chi connectivity index (χ3n) is 2.84.